The number of nitrogens with one attached hydrogen (secondary N) is 1. The molecule has 158 valence electrons. The Balaban J connectivity index is 1.55. The molecule has 0 bridgehead atoms. The Bertz CT molecular complexity index is 872. The molecule has 0 aromatic heterocycles. The molecular formula is C23H26N2O5. The minimum absolute atomic E-state index is 0.0413. The summed E-state index contributed by atoms with van der Waals surface area (Å²) >= 11 is 0. The van der Waals surface area contributed by atoms with E-state index in [1.165, 1.54) is 6.92 Å². The molecule has 1 saturated heterocycles. The minimum Gasteiger partial charge on any atom is -0.465 e. The maximum atomic E-state index is 12.7. The van der Waals surface area contributed by atoms with Crippen molar-refractivity contribution in [1.82, 2.24) is 10.2 Å². The molecule has 2 amide bonds. The summed E-state index contributed by atoms with van der Waals surface area (Å²) in [5.41, 5.74) is 1.95. The summed E-state index contributed by atoms with van der Waals surface area (Å²) < 4.78 is 5.24. The number of carboxylic acid groups (broad SMARTS) is 1. The fourth-order valence-electron chi connectivity index (χ4n) is 3.70. The van der Waals surface area contributed by atoms with E-state index in [9.17, 15) is 19.5 Å². The molecule has 0 aliphatic carbocycles. The van der Waals surface area contributed by atoms with Crippen LogP contribution >= 0.6 is 0 Å². The van der Waals surface area contributed by atoms with E-state index in [-0.39, 0.29) is 19.1 Å². The highest BCUT2D eigenvalue weighted by atomic mass is 16.5. The van der Waals surface area contributed by atoms with Gasteiger partial charge >= 0.3 is 12.1 Å². The van der Waals surface area contributed by atoms with Gasteiger partial charge in [0.15, 0.2) is 0 Å². The molecule has 30 heavy (non-hydrogen) atoms. The number of amides is 2. The van der Waals surface area contributed by atoms with Crippen LogP contribution in [0.2, 0.25) is 0 Å². The molecule has 2 aromatic carbocycles. The lowest BCUT2D eigenvalue weighted by atomic mass is 9.96. The van der Waals surface area contributed by atoms with Crippen LogP contribution in [0.3, 0.4) is 0 Å². The van der Waals surface area contributed by atoms with Crippen molar-refractivity contribution in [2.24, 2.45) is 5.92 Å². The van der Waals surface area contributed by atoms with Gasteiger partial charge in [-0.25, -0.2) is 9.59 Å². The predicted octanol–water partition coefficient (Wildman–Crippen LogP) is 2.85. The van der Waals surface area contributed by atoms with Crippen LogP contribution in [-0.2, 0) is 27.4 Å². The second-order valence-corrected chi connectivity index (χ2v) is 7.57. The molecule has 7 heteroatoms. The summed E-state index contributed by atoms with van der Waals surface area (Å²) in [4.78, 5) is 37.7. The average Bonchev–Trinajstić information content (AvgIpc) is 3.17. The third-order valence-electron chi connectivity index (χ3n) is 5.24. The summed E-state index contributed by atoms with van der Waals surface area (Å²) in [6.45, 7) is 1.94. The van der Waals surface area contributed by atoms with Crippen molar-refractivity contribution in [2.75, 3.05) is 6.54 Å². The normalized spacial score (nSPS) is 19.2. The molecule has 1 aliphatic heterocycles. The Hall–Kier alpha value is -3.35. The van der Waals surface area contributed by atoms with E-state index in [2.05, 4.69) is 5.32 Å². The van der Waals surface area contributed by atoms with Crippen LogP contribution in [-0.4, -0.2) is 46.6 Å². The van der Waals surface area contributed by atoms with Gasteiger partial charge in [0.25, 0.3) is 0 Å². The number of hydrogen-bond acceptors (Lipinski definition) is 4. The standard InChI is InChI=1S/C23H26N2O5/c1-16(22(27)30-15-18-10-6-3-7-11-18)24-21(26)20-13-19(14-25(20)23(28)29)12-17-8-4-2-5-9-17/h2-11,16,19-20H,12-15H2,1H3,(H,24,26)(H,28,29)/t16?,19-,20+/m0/s1. The van der Waals surface area contributed by atoms with Gasteiger partial charge in [0.1, 0.15) is 18.7 Å². The van der Waals surface area contributed by atoms with Crippen molar-refractivity contribution in [2.45, 2.75) is 38.5 Å². The van der Waals surface area contributed by atoms with Crippen molar-refractivity contribution in [3.63, 3.8) is 0 Å². The van der Waals surface area contributed by atoms with Gasteiger partial charge in [0.05, 0.1) is 0 Å². The molecule has 0 spiro atoms. The van der Waals surface area contributed by atoms with Crippen LogP contribution in [0.4, 0.5) is 4.79 Å². The highest BCUT2D eigenvalue weighted by Crippen LogP contribution is 2.27. The molecule has 1 fully saturated rings. The zero-order chi connectivity index (χ0) is 21.5. The van der Waals surface area contributed by atoms with Crippen molar-refractivity contribution in [3.8, 4) is 0 Å². The highest BCUT2D eigenvalue weighted by molar-refractivity contribution is 5.89. The maximum Gasteiger partial charge on any atom is 0.407 e. The topological polar surface area (TPSA) is 95.9 Å². The van der Waals surface area contributed by atoms with Gasteiger partial charge in [-0.2, -0.15) is 0 Å². The first-order valence-corrected chi connectivity index (χ1v) is 9.98. The Morgan fingerprint density at radius 3 is 2.27 bits per heavy atom. The third kappa shape index (κ3) is 5.59. The molecule has 0 radical (unpaired) electrons. The molecule has 1 aliphatic rings. The monoisotopic (exact) mass is 410 g/mol. The number of esters is 1. The summed E-state index contributed by atoms with van der Waals surface area (Å²) in [5.74, 6) is -0.996. The number of rotatable bonds is 7. The molecule has 2 N–H and O–H groups in total. The van der Waals surface area contributed by atoms with E-state index in [0.717, 1.165) is 16.0 Å². The van der Waals surface area contributed by atoms with Gasteiger partial charge in [-0.3, -0.25) is 9.69 Å². The minimum atomic E-state index is -1.13. The molecule has 0 saturated carbocycles. The van der Waals surface area contributed by atoms with E-state index in [4.69, 9.17) is 4.74 Å². The van der Waals surface area contributed by atoms with Gasteiger partial charge < -0.3 is 15.2 Å². The first-order valence-electron chi connectivity index (χ1n) is 9.98. The van der Waals surface area contributed by atoms with Crippen molar-refractivity contribution >= 4 is 18.0 Å². The number of benzene rings is 2. The first-order chi connectivity index (χ1) is 14.4. The molecule has 3 atom stereocenters. The van der Waals surface area contributed by atoms with Crippen LogP contribution in [0.1, 0.15) is 24.5 Å². The predicted molar refractivity (Wildman–Crippen MR) is 111 cm³/mol. The molecule has 7 nitrogen and oxygen atoms in total. The summed E-state index contributed by atoms with van der Waals surface area (Å²) in [6.07, 6.45) is -0.0213. The Kier molecular flexibility index (Phi) is 7.06. The van der Waals surface area contributed by atoms with E-state index in [1.807, 2.05) is 60.7 Å². The summed E-state index contributed by atoms with van der Waals surface area (Å²) in [5, 5.41) is 12.1. The molecule has 1 unspecified atom stereocenters. The number of carbonyl (C=O) groups is 3. The van der Waals surface area contributed by atoms with Gasteiger partial charge in [-0.05, 0) is 36.8 Å². The maximum absolute atomic E-state index is 12.7. The first kappa shape index (κ1) is 21.4. The van der Waals surface area contributed by atoms with Gasteiger partial charge in [-0.15, -0.1) is 0 Å². The molecular weight excluding hydrogens is 384 g/mol. The lowest BCUT2D eigenvalue weighted by Gasteiger charge is -2.22. The number of ether oxygens (including phenoxy) is 1. The van der Waals surface area contributed by atoms with Crippen LogP contribution in [0.25, 0.3) is 0 Å². The average molecular weight is 410 g/mol. The zero-order valence-electron chi connectivity index (χ0n) is 16.9. The van der Waals surface area contributed by atoms with Gasteiger partial charge in [0, 0.05) is 6.54 Å². The largest absolute Gasteiger partial charge is 0.465 e. The molecule has 3 rings (SSSR count). The van der Waals surface area contributed by atoms with Crippen LogP contribution in [0.5, 0.6) is 0 Å². The summed E-state index contributed by atoms with van der Waals surface area (Å²) in [6, 6.07) is 17.3. The lowest BCUT2D eigenvalue weighted by Crippen LogP contribution is -2.50. The van der Waals surface area contributed by atoms with Gasteiger partial charge in [-0.1, -0.05) is 60.7 Å². The van der Waals surface area contributed by atoms with E-state index < -0.39 is 30.1 Å². The van der Waals surface area contributed by atoms with E-state index >= 15 is 0 Å². The Morgan fingerprint density at radius 2 is 1.67 bits per heavy atom. The number of hydrogen-bond donors (Lipinski definition) is 2. The van der Waals surface area contributed by atoms with E-state index in [0.29, 0.717) is 12.8 Å². The number of nitrogens with zero attached hydrogens (tertiary/aromatic N) is 1. The second kappa shape index (κ2) is 9.91. The third-order valence-corrected chi connectivity index (χ3v) is 5.24. The molecule has 1 heterocycles. The quantitative estimate of drug-likeness (QED) is 0.685. The van der Waals surface area contributed by atoms with Crippen LogP contribution in [0, 0.1) is 5.92 Å². The fraction of sp³-hybridized carbons (Fsp3) is 0.348. The van der Waals surface area contributed by atoms with Crippen molar-refractivity contribution < 1.29 is 24.2 Å². The number of carbonyl (C=O) groups excluding carboxylic acids is 2. The fourth-order valence-corrected chi connectivity index (χ4v) is 3.70. The lowest BCUT2D eigenvalue weighted by molar-refractivity contribution is -0.149. The second-order valence-electron chi connectivity index (χ2n) is 7.57. The Labute approximate surface area is 175 Å². The Morgan fingerprint density at radius 1 is 1.07 bits per heavy atom. The van der Waals surface area contributed by atoms with E-state index in [1.54, 1.807) is 0 Å². The van der Waals surface area contributed by atoms with Crippen LogP contribution < -0.4 is 5.32 Å². The summed E-state index contributed by atoms with van der Waals surface area (Å²) in [7, 11) is 0. The van der Waals surface area contributed by atoms with Crippen molar-refractivity contribution in [1.29, 1.82) is 0 Å². The smallest absolute Gasteiger partial charge is 0.407 e. The SMILES string of the molecule is CC(NC(=O)[C@H]1C[C@H](Cc2ccccc2)CN1C(=O)O)C(=O)OCc1ccccc1. The molecule has 2 aromatic rings. The van der Waals surface area contributed by atoms with Crippen molar-refractivity contribution in [3.05, 3.63) is 71.8 Å². The van der Waals surface area contributed by atoms with Gasteiger partial charge in [0.2, 0.25) is 5.91 Å². The number of likely N-dealkylation sites (tertiary alicyclic amines) is 1. The zero-order valence-corrected chi connectivity index (χ0v) is 16.9. The highest BCUT2D eigenvalue weighted by Gasteiger charge is 2.40. The van der Waals surface area contributed by atoms with Crippen LogP contribution in [0.15, 0.2) is 60.7 Å².